The fourth-order valence-electron chi connectivity index (χ4n) is 2.52. The third-order valence-corrected chi connectivity index (χ3v) is 8.01. The zero-order chi connectivity index (χ0) is 18.0. The maximum absolute atomic E-state index is 11.1. The van der Waals surface area contributed by atoms with Crippen LogP contribution in [0.2, 0.25) is 0 Å². The van der Waals surface area contributed by atoms with Crippen LogP contribution < -0.4 is 29.6 Å². The molecule has 8 heteroatoms. The first-order valence-corrected chi connectivity index (χ1v) is 11.7. The summed E-state index contributed by atoms with van der Waals surface area (Å²) < 4.78 is 32.2. The first kappa shape index (κ1) is 21.9. The van der Waals surface area contributed by atoms with Crippen molar-refractivity contribution in [2.24, 2.45) is 0 Å². The van der Waals surface area contributed by atoms with E-state index in [0.29, 0.717) is 6.42 Å². The Bertz CT molecular complexity index is 1030. The molecule has 3 rings (SSSR count). The maximum Gasteiger partial charge on any atom is 1.00 e. The summed E-state index contributed by atoms with van der Waals surface area (Å²) in [5.74, 6) is 0. The van der Waals surface area contributed by atoms with Crippen molar-refractivity contribution in [3.63, 3.8) is 0 Å². The van der Waals surface area contributed by atoms with Crippen LogP contribution in [0.25, 0.3) is 10.4 Å². The van der Waals surface area contributed by atoms with E-state index in [1.165, 1.54) is 17.7 Å². The van der Waals surface area contributed by atoms with E-state index in [4.69, 9.17) is 16.8 Å². The second-order valence-corrected chi connectivity index (χ2v) is 9.85. The van der Waals surface area contributed by atoms with Crippen molar-refractivity contribution in [1.82, 2.24) is 0 Å². The van der Waals surface area contributed by atoms with Crippen molar-refractivity contribution in [2.75, 3.05) is 0 Å². The van der Waals surface area contributed by atoms with Gasteiger partial charge in [0.15, 0.2) is 0 Å². The minimum atomic E-state index is -4.16. The Morgan fingerprint density at radius 3 is 2.08 bits per heavy atom. The van der Waals surface area contributed by atoms with Crippen LogP contribution in [-0.4, -0.2) is 13.0 Å². The van der Waals surface area contributed by atoms with Crippen molar-refractivity contribution < 1.29 is 42.5 Å². The molecule has 1 heterocycles. The monoisotopic (exact) mass is 431 g/mol. The number of benzene rings is 2. The summed E-state index contributed by atoms with van der Waals surface area (Å²) in [5.41, 5.74) is 4.49. The molecule has 1 aromatic heterocycles. The molecule has 3 aromatic rings. The second-order valence-electron chi connectivity index (χ2n) is 5.61. The Balaban J connectivity index is 0.00000243. The number of hydrogen-bond donors (Lipinski definition) is 1. The molecule has 0 spiro atoms. The topological polar surface area (TPSA) is 54.4 Å². The molecule has 26 heavy (non-hydrogen) atoms. The standard InChI is InChI=1S/C18H16O3S4.Na/c1-2-12-3-7-14(8-4-12)17-16(18(22)24-23-17)11-13-5-9-15(10-6-13)25(19,20)21;/h3-10H,2,11H2,1H3,(H,19,20,21);/q;+1. The molecule has 0 saturated carbocycles. The fraction of sp³-hybridized carbons (Fsp3) is 0.167. The summed E-state index contributed by atoms with van der Waals surface area (Å²) in [4.78, 5) is 1.06. The molecule has 0 bridgehead atoms. The summed E-state index contributed by atoms with van der Waals surface area (Å²) in [5, 5.41) is 0. The van der Waals surface area contributed by atoms with Crippen LogP contribution >= 0.6 is 32.9 Å². The molecule has 0 radical (unpaired) electrons. The molecule has 2 aromatic carbocycles. The zero-order valence-corrected chi connectivity index (χ0v) is 19.7. The van der Waals surface area contributed by atoms with Gasteiger partial charge in [0.25, 0.3) is 10.1 Å². The Morgan fingerprint density at radius 1 is 0.962 bits per heavy atom. The molecule has 0 saturated heterocycles. The average molecular weight is 432 g/mol. The zero-order valence-electron chi connectivity index (χ0n) is 14.4. The van der Waals surface area contributed by atoms with Gasteiger partial charge in [0.05, 0.1) is 9.77 Å². The van der Waals surface area contributed by atoms with E-state index in [1.807, 2.05) is 0 Å². The van der Waals surface area contributed by atoms with Gasteiger partial charge in [-0.2, -0.15) is 8.42 Å². The molecule has 0 amide bonds. The van der Waals surface area contributed by atoms with E-state index in [2.05, 4.69) is 31.2 Å². The number of aryl methyl sites for hydroxylation is 1. The Kier molecular flexibility index (Phi) is 7.76. The average Bonchev–Trinajstić information content (AvgIpc) is 2.95. The van der Waals surface area contributed by atoms with Gasteiger partial charge in [-0.3, -0.25) is 4.55 Å². The van der Waals surface area contributed by atoms with Gasteiger partial charge in [-0.1, -0.05) is 76.2 Å². The van der Waals surface area contributed by atoms with Gasteiger partial charge >= 0.3 is 29.6 Å². The molecule has 1 N–H and O–H groups in total. The second kappa shape index (κ2) is 9.21. The molecule has 0 atom stereocenters. The van der Waals surface area contributed by atoms with Crippen LogP contribution in [0.3, 0.4) is 0 Å². The normalized spacial score (nSPS) is 11.2. The van der Waals surface area contributed by atoms with E-state index >= 15 is 0 Å². The number of rotatable bonds is 5. The predicted octanol–water partition coefficient (Wildman–Crippen LogP) is 2.61. The molecule has 0 unspecified atom stereocenters. The molecule has 0 aliphatic rings. The van der Waals surface area contributed by atoms with Crippen molar-refractivity contribution in [1.29, 1.82) is 0 Å². The summed E-state index contributed by atoms with van der Waals surface area (Å²) in [7, 11) is -0.910. The predicted molar refractivity (Wildman–Crippen MR) is 107 cm³/mol. The van der Waals surface area contributed by atoms with E-state index < -0.39 is 10.1 Å². The van der Waals surface area contributed by atoms with Gasteiger partial charge in [0.2, 0.25) is 0 Å². The maximum atomic E-state index is 11.1. The largest absolute Gasteiger partial charge is 1.00 e. The third-order valence-electron chi connectivity index (χ3n) is 3.95. The van der Waals surface area contributed by atoms with Crippen LogP contribution in [-0.2, 0) is 23.0 Å². The van der Waals surface area contributed by atoms with Gasteiger partial charge in [-0.15, -0.1) is 0 Å². The molecule has 0 aliphatic carbocycles. The van der Waals surface area contributed by atoms with Crippen molar-refractivity contribution in [3.05, 3.63) is 69.0 Å². The Labute approximate surface area is 188 Å². The van der Waals surface area contributed by atoms with E-state index in [0.717, 1.165) is 31.8 Å². The van der Waals surface area contributed by atoms with Crippen LogP contribution in [0.15, 0.2) is 53.4 Å². The summed E-state index contributed by atoms with van der Waals surface area (Å²) in [6, 6.07) is 14.8. The van der Waals surface area contributed by atoms with Crippen LogP contribution in [0.1, 0.15) is 23.6 Å². The molecular weight excluding hydrogens is 415 g/mol. The van der Waals surface area contributed by atoms with Gasteiger partial charge in [-0.05, 0) is 35.2 Å². The quantitative estimate of drug-likeness (QED) is 0.292. The van der Waals surface area contributed by atoms with E-state index in [9.17, 15) is 8.42 Å². The summed E-state index contributed by atoms with van der Waals surface area (Å²) in [6.07, 6.45) is 1.64. The third kappa shape index (κ3) is 5.11. The summed E-state index contributed by atoms with van der Waals surface area (Å²) >= 11 is 5.50. The van der Waals surface area contributed by atoms with Gasteiger partial charge in [0.1, 0.15) is 3.82 Å². The minimum Gasteiger partial charge on any atom is -0.282 e. The van der Waals surface area contributed by atoms with Gasteiger partial charge < -0.3 is 0 Å². The van der Waals surface area contributed by atoms with Crippen molar-refractivity contribution in [3.8, 4) is 10.4 Å². The molecule has 0 aliphatic heterocycles. The first-order valence-electron chi connectivity index (χ1n) is 7.66. The van der Waals surface area contributed by atoms with Gasteiger partial charge in [0, 0.05) is 12.0 Å². The Hall–Kier alpha value is -0.380. The van der Waals surface area contributed by atoms with E-state index in [-0.39, 0.29) is 34.5 Å². The molecule has 0 fully saturated rings. The van der Waals surface area contributed by atoms with Crippen LogP contribution in [0.5, 0.6) is 0 Å². The minimum absolute atomic E-state index is 0. The van der Waals surface area contributed by atoms with E-state index in [1.54, 1.807) is 32.8 Å². The molecule has 3 nitrogen and oxygen atoms in total. The number of hydrogen-bond acceptors (Lipinski definition) is 5. The SMILES string of the molecule is CCc1ccc(-c2ssc(=S)c2Cc2ccc(S(=O)(=O)O)cc2)cc1.[Na+]. The van der Waals surface area contributed by atoms with Gasteiger partial charge in [-0.25, -0.2) is 0 Å². The summed E-state index contributed by atoms with van der Waals surface area (Å²) in [6.45, 7) is 2.13. The molecule has 130 valence electrons. The van der Waals surface area contributed by atoms with Crippen molar-refractivity contribution >= 4 is 43.0 Å². The van der Waals surface area contributed by atoms with Crippen LogP contribution in [0.4, 0.5) is 0 Å². The fourth-order valence-corrected chi connectivity index (χ4v) is 5.92. The molecular formula is C18H16NaO3S4+. The van der Waals surface area contributed by atoms with Crippen molar-refractivity contribution in [2.45, 2.75) is 24.7 Å². The van der Waals surface area contributed by atoms with Crippen LogP contribution in [0, 0.1) is 3.82 Å². The Morgan fingerprint density at radius 2 is 1.54 bits per heavy atom. The smallest absolute Gasteiger partial charge is 0.282 e. The first-order chi connectivity index (χ1) is 11.9.